The second-order valence-electron chi connectivity index (χ2n) is 4.11. The van der Waals surface area contributed by atoms with Gasteiger partial charge in [0.25, 0.3) is 0 Å². The lowest BCUT2D eigenvalue weighted by Crippen LogP contribution is -2.42. The van der Waals surface area contributed by atoms with E-state index in [1.165, 1.54) is 0 Å². The van der Waals surface area contributed by atoms with Crippen molar-refractivity contribution >= 4 is 17.2 Å². The van der Waals surface area contributed by atoms with Crippen molar-refractivity contribution in [3.63, 3.8) is 0 Å². The van der Waals surface area contributed by atoms with E-state index in [9.17, 15) is 4.79 Å². The fourth-order valence-electron chi connectivity index (χ4n) is 1.38. The summed E-state index contributed by atoms with van der Waals surface area (Å²) in [6, 6.07) is -0.172. The Morgan fingerprint density at radius 1 is 1.59 bits per heavy atom. The summed E-state index contributed by atoms with van der Waals surface area (Å²) < 4.78 is 0. The van der Waals surface area contributed by atoms with Crippen LogP contribution in [-0.2, 0) is 11.3 Å². The lowest BCUT2D eigenvalue weighted by atomic mass is 10.3. The molecule has 0 bridgehead atoms. The minimum absolute atomic E-state index is 0.0606. The first-order valence-electron chi connectivity index (χ1n) is 6.05. The van der Waals surface area contributed by atoms with Crippen molar-refractivity contribution in [3.8, 4) is 0 Å². The molecule has 0 aromatic carbocycles. The van der Waals surface area contributed by atoms with E-state index < -0.39 is 0 Å². The summed E-state index contributed by atoms with van der Waals surface area (Å²) in [5.41, 5.74) is 1.00. The zero-order valence-corrected chi connectivity index (χ0v) is 11.6. The second kappa shape index (κ2) is 7.40. The third-order valence-electron chi connectivity index (χ3n) is 2.48. The molecule has 1 rings (SSSR count). The molecule has 2 N–H and O–H groups in total. The van der Waals surface area contributed by atoms with Crippen molar-refractivity contribution in [1.82, 2.24) is 15.6 Å². The van der Waals surface area contributed by atoms with Gasteiger partial charge in [0.2, 0.25) is 5.91 Å². The van der Waals surface area contributed by atoms with E-state index in [0.717, 1.165) is 30.1 Å². The van der Waals surface area contributed by atoms with Crippen LogP contribution in [0, 0.1) is 6.92 Å². The van der Waals surface area contributed by atoms with Crippen LogP contribution in [0.2, 0.25) is 0 Å². The van der Waals surface area contributed by atoms with Gasteiger partial charge in [0, 0.05) is 18.5 Å². The Kier molecular flexibility index (Phi) is 6.15. The molecule has 0 radical (unpaired) electrons. The highest BCUT2D eigenvalue weighted by atomic mass is 32.1. The molecule has 0 aliphatic carbocycles. The molecule has 1 atom stereocenters. The molecule has 5 heteroatoms. The number of unbranched alkanes of at least 4 members (excludes halogenated alkanes) is 1. The van der Waals surface area contributed by atoms with Crippen LogP contribution < -0.4 is 10.6 Å². The van der Waals surface area contributed by atoms with Crippen LogP contribution in [0.1, 0.15) is 37.4 Å². The zero-order chi connectivity index (χ0) is 12.7. The van der Waals surface area contributed by atoms with Crippen LogP contribution in [0.5, 0.6) is 0 Å². The number of amides is 1. The van der Waals surface area contributed by atoms with Crippen molar-refractivity contribution in [2.24, 2.45) is 0 Å². The standard InChI is InChI=1S/C12H21N3OS/c1-4-5-6-13-12(16)9(2)14-7-11-8-17-10(3)15-11/h8-9,14H,4-7H2,1-3H3,(H,13,16). The van der Waals surface area contributed by atoms with Gasteiger partial charge in [-0.3, -0.25) is 4.79 Å². The topological polar surface area (TPSA) is 54.0 Å². The fourth-order valence-corrected chi connectivity index (χ4v) is 1.99. The maximum atomic E-state index is 11.7. The van der Waals surface area contributed by atoms with Crippen molar-refractivity contribution in [2.75, 3.05) is 6.54 Å². The predicted molar refractivity (Wildman–Crippen MR) is 71.1 cm³/mol. The van der Waals surface area contributed by atoms with E-state index in [2.05, 4.69) is 22.5 Å². The predicted octanol–water partition coefficient (Wildman–Crippen LogP) is 1.85. The van der Waals surface area contributed by atoms with E-state index in [0.29, 0.717) is 6.54 Å². The van der Waals surface area contributed by atoms with Gasteiger partial charge in [0.1, 0.15) is 0 Å². The Morgan fingerprint density at radius 3 is 2.94 bits per heavy atom. The molecule has 0 aliphatic rings. The number of carbonyl (C=O) groups excluding carboxylic acids is 1. The van der Waals surface area contributed by atoms with E-state index in [1.54, 1.807) is 11.3 Å². The van der Waals surface area contributed by atoms with Crippen molar-refractivity contribution < 1.29 is 4.79 Å². The number of hydrogen-bond acceptors (Lipinski definition) is 4. The van der Waals surface area contributed by atoms with Crippen LogP contribution in [0.15, 0.2) is 5.38 Å². The van der Waals surface area contributed by atoms with Crippen molar-refractivity contribution in [1.29, 1.82) is 0 Å². The van der Waals surface area contributed by atoms with E-state index in [4.69, 9.17) is 0 Å². The number of thiazole rings is 1. The first-order valence-corrected chi connectivity index (χ1v) is 6.93. The van der Waals surface area contributed by atoms with Gasteiger partial charge in [0.05, 0.1) is 16.7 Å². The number of aryl methyl sites for hydroxylation is 1. The largest absolute Gasteiger partial charge is 0.355 e. The molecule has 0 saturated carbocycles. The SMILES string of the molecule is CCCCNC(=O)C(C)NCc1csc(C)n1. The molecule has 1 heterocycles. The molecular weight excluding hydrogens is 234 g/mol. The molecule has 0 saturated heterocycles. The minimum Gasteiger partial charge on any atom is -0.355 e. The summed E-state index contributed by atoms with van der Waals surface area (Å²) >= 11 is 1.63. The van der Waals surface area contributed by atoms with Crippen LogP contribution in [0.4, 0.5) is 0 Å². The molecule has 1 aromatic heterocycles. The smallest absolute Gasteiger partial charge is 0.236 e. The van der Waals surface area contributed by atoms with Gasteiger partial charge in [-0.25, -0.2) is 4.98 Å². The van der Waals surface area contributed by atoms with Gasteiger partial charge in [-0.1, -0.05) is 13.3 Å². The second-order valence-corrected chi connectivity index (χ2v) is 5.17. The first kappa shape index (κ1) is 14.1. The molecule has 1 amide bonds. The number of nitrogens with zero attached hydrogens (tertiary/aromatic N) is 1. The number of rotatable bonds is 7. The summed E-state index contributed by atoms with van der Waals surface area (Å²) in [6.45, 7) is 7.37. The summed E-state index contributed by atoms with van der Waals surface area (Å²) in [5, 5.41) is 9.15. The first-order chi connectivity index (χ1) is 8.13. The molecule has 1 unspecified atom stereocenters. The third kappa shape index (κ3) is 5.28. The van der Waals surface area contributed by atoms with Gasteiger partial charge in [0.15, 0.2) is 0 Å². The summed E-state index contributed by atoms with van der Waals surface area (Å²) in [4.78, 5) is 16.0. The summed E-state index contributed by atoms with van der Waals surface area (Å²) in [7, 11) is 0. The summed E-state index contributed by atoms with van der Waals surface area (Å²) in [5.74, 6) is 0.0606. The number of carbonyl (C=O) groups is 1. The van der Waals surface area contributed by atoms with Gasteiger partial charge in [-0.15, -0.1) is 11.3 Å². The van der Waals surface area contributed by atoms with Gasteiger partial charge in [-0.05, 0) is 20.3 Å². The Labute approximate surface area is 107 Å². The third-order valence-corrected chi connectivity index (χ3v) is 3.30. The monoisotopic (exact) mass is 255 g/mol. The average Bonchev–Trinajstić information content (AvgIpc) is 2.72. The van der Waals surface area contributed by atoms with Gasteiger partial charge in [-0.2, -0.15) is 0 Å². The molecule has 4 nitrogen and oxygen atoms in total. The average molecular weight is 255 g/mol. The van der Waals surface area contributed by atoms with E-state index in [-0.39, 0.29) is 11.9 Å². The van der Waals surface area contributed by atoms with E-state index >= 15 is 0 Å². The number of hydrogen-bond donors (Lipinski definition) is 2. The molecule has 96 valence electrons. The molecule has 0 aliphatic heterocycles. The fraction of sp³-hybridized carbons (Fsp3) is 0.667. The van der Waals surface area contributed by atoms with Crippen LogP contribution >= 0.6 is 11.3 Å². The molecule has 0 spiro atoms. The van der Waals surface area contributed by atoms with Crippen molar-refractivity contribution in [3.05, 3.63) is 16.1 Å². The summed E-state index contributed by atoms with van der Waals surface area (Å²) in [6.07, 6.45) is 2.13. The highest BCUT2D eigenvalue weighted by Gasteiger charge is 2.11. The van der Waals surface area contributed by atoms with Gasteiger partial charge < -0.3 is 10.6 Å². The highest BCUT2D eigenvalue weighted by Crippen LogP contribution is 2.07. The highest BCUT2D eigenvalue weighted by molar-refractivity contribution is 7.09. The normalized spacial score (nSPS) is 12.4. The maximum Gasteiger partial charge on any atom is 0.236 e. The number of aromatic nitrogens is 1. The Balaban J connectivity index is 2.24. The Morgan fingerprint density at radius 2 is 2.35 bits per heavy atom. The Bertz CT molecular complexity index is 351. The van der Waals surface area contributed by atoms with Crippen LogP contribution in [-0.4, -0.2) is 23.5 Å². The van der Waals surface area contributed by atoms with E-state index in [1.807, 2.05) is 19.2 Å². The molecular formula is C12H21N3OS. The molecule has 17 heavy (non-hydrogen) atoms. The lowest BCUT2D eigenvalue weighted by Gasteiger charge is -2.12. The maximum absolute atomic E-state index is 11.7. The number of nitrogens with one attached hydrogen (secondary N) is 2. The van der Waals surface area contributed by atoms with Crippen LogP contribution in [0.3, 0.4) is 0 Å². The molecule has 0 fully saturated rings. The zero-order valence-electron chi connectivity index (χ0n) is 10.7. The lowest BCUT2D eigenvalue weighted by molar-refractivity contribution is -0.122. The minimum atomic E-state index is -0.172. The quantitative estimate of drug-likeness (QED) is 0.731. The Hall–Kier alpha value is -0.940. The van der Waals surface area contributed by atoms with Crippen molar-refractivity contribution in [2.45, 2.75) is 46.2 Å². The van der Waals surface area contributed by atoms with Gasteiger partial charge >= 0.3 is 0 Å². The van der Waals surface area contributed by atoms with Crippen LogP contribution in [0.25, 0.3) is 0 Å². The molecule has 1 aromatic rings.